The minimum Gasteiger partial charge on any atom is -0.325 e. The van der Waals surface area contributed by atoms with Gasteiger partial charge in [0.15, 0.2) is 0 Å². The van der Waals surface area contributed by atoms with E-state index >= 15 is 0 Å². The molecule has 0 atom stereocenters. The van der Waals surface area contributed by atoms with Crippen LogP contribution < -0.4 is 5.32 Å². The molecule has 1 amide bonds. The third-order valence-corrected chi connectivity index (χ3v) is 6.64. The van der Waals surface area contributed by atoms with E-state index in [0.29, 0.717) is 15.7 Å². The normalized spacial score (nSPS) is 11.6. The van der Waals surface area contributed by atoms with Crippen molar-refractivity contribution in [3.63, 3.8) is 0 Å². The molecule has 0 aliphatic rings. The van der Waals surface area contributed by atoms with Crippen LogP contribution in [-0.4, -0.2) is 38.5 Å². The van der Waals surface area contributed by atoms with Crippen LogP contribution in [0.1, 0.15) is 0 Å². The van der Waals surface area contributed by atoms with Gasteiger partial charge >= 0.3 is 0 Å². The second-order valence-electron chi connectivity index (χ2n) is 5.11. The van der Waals surface area contributed by atoms with Crippen LogP contribution in [0.25, 0.3) is 0 Å². The molecule has 1 N–H and O–H groups in total. The van der Waals surface area contributed by atoms with Gasteiger partial charge in [-0.15, -0.1) is 11.8 Å². The number of carbonyl (C=O) groups excluding carboxylic acids is 1. The summed E-state index contributed by atoms with van der Waals surface area (Å²) in [6.07, 6.45) is 1.91. The van der Waals surface area contributed by atoms with Crippen LogP contribution in [0.4, 0.5) is 5.69 Å². The van der Waals surface area contributed by atoms with E-state index in [1.54, 1.807) is 24.3 Å². The Hall–Kier alpha value is -1.25. The summed E-state index contributed by atoms with van der Waals surface area (Å²) in [5.41, 5.74) is 0.439. The van der Waals surface area contributed by atoms with Crippen molar-refractivity contribution in [3.05, 3.63) is 52.5 Å². The molecule has 0 radical (unpaired) electrons. The summed E-state index contributed by atoms with van der Waals surface area (Å²) < 4.78 is 26.0. The maximum Gasteiger partial charge on any atom is 0.243 e. The number of hydrogen-bond donors (Lipinski definition) is 1. The number of thioether (sulfide) groups is 1. The van der Waals surface area contributed by atoms with Crippen LogP contribution in [0.2, 0.25) is 10.0 Å². The summed E-state index contributed by atoms with van der Waals surface area (Å²) in [5.74, 6) is -0.481. The predicted octanol–water partition coefficient (Wildman–Crippen LogP) is 3.97. The van der Waals surface area contributed by atoms with Crippen molar-refractivity contribution in [1.29, 1.82) is 0 Å². The number of nitrogens with one attached hydrogen (secondary N) is 1. The monoisotopic (exact) mass is 418 g/mol. The smallest absolute Gasteiger partial charge is 0.243 e. The summed E-state index contributed by atoms with van der Waals surface area (Å²) in [7, 11) is -2.40. The zero-order chi connectivity index (χ0) is 18.6. The molecule has 0 spiro atoms. The third-order valence-electron chi connectivity index (χ3n) is 3.34. The molecular formula is C16H16Cl2N2O3S2. The molecule has 2 rings (SSSR count). The number of sulfonamides is 1. The van der Waals surface area contributed by atoms with E-state index in [9.17, 15) is 13.2 Å². The van der Waals surface area contributed by atoms with E-state index in [1.165, 1.54) is 37.0 Å². The topological polar surface area (TPSA) is 66.5 Å². The third kappa shape index (κ3) is 5.12. The molecule has 0 fully saturated rings. The minimum atomic E-state index is -3.75. The van der Waals surface area contributed by atoms with Crippen molar-refractivity contribution in [1.82, 2.24) is 4.31 Å². The molecule has 0 saturated carbocycles. The quantitative estimate of drug-likeness (QED) is 0.720. The second kappa shape index (κ2) is 8.42. The fourth-order valence-corrected chi connectivity index (χ4v) is 3.82. The van der Waals surface area contributed by atoms with E-state index in [-0.39, 0.29) is 11.4 Å². The molecule has 0 aromatic heterocycles. The summed E-state index contributed by atoms with van der Waals surface area (Å²) in [6.45, 7) is -0.327. The van der Waals surface area contributed by atoms with Gasteiger partial charge in [0.05, 0.1) is 21.5 Å². The lowest BCUT2D eigenvalue weighted by Crippen LogP contribution is -2.34. The minimum absolute atomic E-state index is 0.134. The van der Waals surface area contributed by atoms with Crippen molar-refractivity contribution in [2.45, 2.75) is 9.79 Å². The lowest BCUT2D eigenvalue weighted by Gasteiger charge is -2.17. The number of hydrogen-bond acceptors (Lipinski definition) is 4. The average Bonchev–Trinajstić information content (AvgIpc) is 2.58. The van der Waals surface area contributed by atoms with E-state index in [0.717, 1.165) is 9.20 Å². The van der Waals surface area contributed by atoms with Crippen LogP contribution in [0, 0.1) is 0 Å². The fourth-order valence-electron chi connectivity index (χ4n) is 1.99. The van der Waals surface area contributed by atoms with E-state index in [4.69, 9.17) is 23.2 Å². The number of nitrogens with zero attached hydrogens (tertiary/aromatic N) is 1. The zero-order valence-corrected chi connectivity index (χ0v) is 16.6. The molecule has 0 unspecified atom stereocenters. The molecule has 2 aromatic carbocycles. The molecule has 5 nitrogen and oxygen atoms in total. The van der Waals surface area contributed by atoms with Gasteiger partial charge < -0.3 is 5.32 Å². The highest BCUT2D eigenvalue weighted by molar-refractivity contribution is 7.98. The Balaban J connectivity index is 2.07. The van der Waals surface area contributed by atoms with Gasteiger partial charge in [-0.3, -0.25) is 4.79 Å². The average molecular weight is 419 g/mol. The molecule has 25 heavy (non-hydrogen) atoms. The molecule has 0 saturated heterocycles. The zero-order valence-electron chi connectivity index (χ0n) is 13.5. The molecule has 0 aliphatic heterocycles. The van der Waals surface area contributed by atoms with Gasteiger partial charge in [-0.05, 0) is 48.7 Å². The summed E-state index contributed by atoms with van der Waals surface area (Å²) in [4.78, 5) is 13.2. The van der Waals surface area contributed by atoms with E-state index in [1.807, 2.05) is 6.26 Å². The number of anilines is 1. The van der Waals surface area contributed by atoms with Crippen molar-refractivity contribution in [2.24, 2.45) is 0 Å². The maximum atomic E-state index is 12.5. The van der Waals surface area contributed by atoms with Gasteiger partial charge in [-0.2, -0.15) is 4.31 Å². The van der Waals surface area contributed by atoms with Gasteiger partial charge in [0, 0.05) is 17.6 Å². The molecule has 9 heteroatoms. The SMILES string of the molecule is CSc1ccc(S(=O)(=O)N(C)CC(=O)Nc2ccc(Cl)c(Cl)c2)cc1. The second-order valence-corrected chi connectivity index (χ2v) is 8.85. The highest BCUT2D eigenvalue weighted by atomic mass is 35.5. The molecule has 0 aliphatic carbocycles. The van der Waals surface area contributed by atoms with E-state index < -0.39 is 15.9 Å². The predicted molar refractivity (Wildman–Crippen MR) is 103 cm³/mol. The Morgan fingerprint density at radius 1 is 1.12 bits per heavy atom. The number of carbonyl (C=O) groups is 1. The molecule has 134 valence electrons. The van der Waals surface area contributed by atoms with Gasteiger partial charge in [0.2, 0.25) is 15.9 Å². The van der Waals surface area contributed by atoms with Gasteiger partial charge in [-0.25, -0.2) is 8.42 Å². The molecule has 0 heterocycles. The first-order chi connectivity index (χ1) is 11.7. The van der Waals surface area contributed by atoms with Crippen LogP contribution in [0.15, 0.2) is 52.3 Å². The molecular weight excluding hydrogens is 403 g/mol. The maximum absolute atomic E-state index is 12.5. The van der Waals surface area contributed by atoms with E-state index in [2.05, 4.69) is 5.32 Å². The fraction of sp³-hybridized carbons (Fsp3) is 0.188. The molecule has 0 bridgehead atoms. The van der Waals surface area contributed by atoms with Crippen LogP contribution in [-0.2, 0) is 14.8 Å². The summed E-state index contributed by atoms with van der Waals surface area (Å²) >= 11 is 13.2. The highest BCUT2D eigenvalue weighted by Crippen LogP contribution is 2.25. The first-order valence-corrected chi connectivity index (χ1v) is 10.5. The standard InChI is InChI=1S/C16H16Cl2N2O3S2/c1-20(25(22,23)13-6-4-12(24-2)5-7-13)10-16(21)19-11-3-8-14(17)15(18)9-11/h3-9H,10H2,1-2H3,(H,19,21). The first-order valence-electron chi connectivity index (χ1n) is 7.09. The number of likely N-dealkylation sites (N-methyl/N-ethyl adjacent to an activating group) is 1. The number of amides is 1. The van der Waals surface area contributed by atoms with Crippen LogP contribution in [0.5, 0.6) is 0 Å². The summed E-state index contributed by atoms with van der Waals surface area (Å²) in [6, 6.07) is 11.1. The lowest BCUT2D eigenvalue weighted by molar-refractivity contribution is -0.116. The van der Waals surface area contributed by atoms with Crippen molar-refractivity contribution >= 4 is 56.6 Å². The summed E-state index contributed by atoms with van der Waals surface area (Å²) in [5, 5.41) is 3.26. The number of halogens is 2. The Labute approximate surface area is 161 Å². The molecule has 2 aromatic rings. The first kappa shape index (κ1) is 20.1. The number of benzene rings is 2. The van der Waals surface area contributed by atoms with Crippen molar-refractivity contribution in [3.8, 4) is 0 Å². The van der Waals surface area contributed by atoms with Crippen molar-refractivity contribution in [2.75, 3.05) is 25.2 Å². The van der Waals surface area contributed by atoms with Crippen LogP contribution in [0.3, 0.4) is 0 Å². The van der Waals surface area contributed by atoms with Gasteiger partial charge in [-0.1, -0.05) is 23.2 Å². The van der Waals surface area contributed by atoms with Crippen molar-refractivity contribution < 1.29 is 13.2 Å². The Kier molecular flexibility index (Phi) is 6.76. The Morgan fingerprint density at radius 3 is 2.32 bits per heavy atom. The largest absolute Gasteiger partial charge is 0.325 e. The number of rotatable bonds is 6. The Bertz CT molecular complexity index is 871. The lowest BCUT2D eigenvalue weighted by atomic mass is 10.3. The van der Waals surface area contributed by atoms with Crippen LogP contribution >= 0.6 is 35.0 Å². The van der Waals surface area contributed by atoms with Gasteiger partial charge in [0.1, 0.15) is 0 Å². The van der Waals surface area contributed by atoms with Gasteiger partial charge in [0.25, 0.3) is 0 Å². The highest BCUT2D eigenvalue weighted by Gasteiger charge is 2.23. The Morgan fingerprint density at radius 2 is 1.76 bits per heavy atom.